The molecule has 0 spiro atoms. The zero-order chi connectivity index (χ0) is 12.3. The first kappa shape index (κ1) is 9.60. The van der Waals surface area contributed by atoms with Crippen LogP contribution in [-0.2, 0) is 14.3 Å². The molecule has 0 N–H and O–H groups in total. The Labute approximate surface area is 96.1 Å². The first-order chi connectivity index (χ1) is 8.24. The lowest BCUT2D eigenvalue weighted by Crippen LogP contribution is -2.12. The van der Waals surface area contributed by atoms with E-state index in [-0.39, 0.29) is 12.7 Å². The van der Waals surface area contributed by atoms with E-state index < -0.39 is 12.1 Å². The third kappa shape index (κ3) is 2.14. The highest BCUT2D eigenvalue weighted by Gasteiger charge is 2.27. The second kappa shape index (κ2) is 4.94. The second-order valence-electron chi connectivity index (χ2n) is 3.41. The molecule has 0 bridgehead atoms. The summed E-state index contributed by atoms with van der Waals surface area (Å²) < 4.78 is 18.2. The Balaban J connectivity index is 2.28. The summed E-state index contributed by atoms with van der Waals surface area (Å²) in [6.07, 6.45) is -0.470. The number of carbonyl (C=O) groups is 1. The van der Waals surface area contributed by atoms with Gasteiger partial charge in [0.25, 0.3) is 0 Å². The molecule has 1 aliphatic heterocycles. The topological polar surface area (TPSA) is 35.5 Å². The maximum Gasteiger partial charge on any atom is 0.336 e. The largest absolute Gasteiger partial charge is 0.463 e. The van der Waals surface area contributed by atoms with Gasteiger partial charge in [-0.25, -0.2) is 4.79 Å². The van der Waals surface area contributed by atoms with E-state index in [4.69, 9.17) is 10.8 Å². The van der Waals surface area contributed by atoms with E-state index in [1.54, 1.807) is 6.92 Å². The lowest BCUT2D eigenvalue weighted by Gasteiger charge is -2.13. The Morgan fingerprint density at radius 2 is 2.31 bits per heavy atom. The SMILES string of the molecule is [2H]C1=C(C(=O)OCC)C(c2ccccc2)OC1. The molecular formula is C13H14O3. The van der Waals surface area contributed by atoms with E-state index in [1.165, 1.54) is 0 Å². The quantitative estimate of drug-likeness (QED) is 0.731. The van der Waals surface area contributed by atoms with Crippen LogP contribution >= 0.6 is 0 Å². The summed E-state index contributed by atoms with van der Waals surface area (Å²) >= 11 is 0. The van der Waals surface area contributed by atoms with Gasteiger partial charge in [-0.15, -0.1) is 0 Å². The van der Waals surface area contributed by atoms with Gasteiger partial charge in [0.1, 0.15) is 6.10 Å². The van der Waals surface area contributed by atoms with Crippen LogP contribution in [0.25, 0.3) is 0 Å². The minimum absolute atomic E-state index is 0.160. The summed E-state index contributed by atoms with van der Waals surface area (Å²) in [4.78, 5) is 11.8. The number of ether oxygens (including phenoxy) is 2. The minimum Gasteiger partial charge on any atom is -0.463 e. The van der Waals surface area contributed by atoms with E-state index in [0.29, 0.717) is 12.2 Å². The van der Waals surface area contributed by atoms with E-state index >= 15 is 0 Å². The monoisotopic (exact) mass is 219 g/mol. The Kier molecular flexibility index (Phi) is 2.97. The Hall–Kier alpha value is -1.61. The van der Waals surface area contributed by atoms with E-state index in [1.807, 2.05) is 30.3 Å². The van der Waals surface area contributed by atoms with Crippen LogP contribution in [0.1, 0.15) is 20.0 Å². The van der Waals surface area contributed by atoms with Crippen LogP contribution in [0, 0.1) is 0 Å². The van der Waals surface area contributed by atoms with Gasteiger partial charge in [0, 0.05) is 0 Å². The van der Waals surface area contributed by atoms with Crippen LogP contribution in [-0.4, -0.2) is 19.2 Å². The number of rotatable bonds is 3. The van der Waals surface area contributed by atoms with Gasteiger partial charge in [-0.3, -0.25) is 0 Å². The maximum atomic E-state index is 11.8. The fourth-order valence-corrected chi connectivity index (χ4v) is 1.66. The summed E-state index contributed by atoms with van der Waals surface area (Å²) in [5, 5.41) is 0. The molecule has 0 saturated heterocycles. The van der Waals surface area contributed by atoms with Crippen LogP contribution in [0.5, 0.6) is 0 Å². The molecule has 84 valence electrons. The number of hydrogen-bond acceptors (Lipinski definition) is 3. The van der Waals surface area contributed by atoms with Crippen molar-refractivity contribution in [1.29, 1.82) is 0 Å². The maximum absolute atomic E-state index is 11.8. The molecule has 0 aromatic heterocycles. The molecule has 1 heterocycles. The van der Waals surface area contributed by atoms with E-state index in [9.17, 15) is 4.79 Å². The van der Waals surface area contributed by atoms with Crippen molar-refractivity contribution in [3.05, 3.63) is 47.5 Å². The number of esters is 1. The molecule has 16 heavy (non-hydrogen) atoms. The van der Waals surface area contributed by atoms with Gasteiger partial charge >= 0.3 is 5.97 Å². The van der Waals surface area contributed by atoms with Crippen molar-refractivity contribution < 1.29 is 15.6 Å². The molecule has 0 fully saturated rings. The molecular weight excluding hydrogens is 204 g/mol. The third-order valence-corrected chi connectivity index (χ3v) is 2.37. The standard InChI is InChI=1S/C13H14O3/c1-2-15-13(14)11-8-9-16-12(11)10-6-4-3-5-7-10/h3-8,12H,2,9H2,1H3/i8D. The highest BCUT2D eigenvalue weighted by atomic mass is 16.5. The third-order valence-electron chi connectivity index (χ3n) is 2.37. The van der Waals surface area contributed by atoms with Gasteiger partial charge in [-0.2, -0.15) is 0 Å². The molecule has 0 saturated carbocycles. The second-order valence-corrected chi connectivity index (χ2v) is 3.41. The number of carbonyl (C=O) groups excluding carboxylic acids is 1. The van der Waals surface area contributed by atoms with E-state index in [0.717, 1.165) is 5.56 Å². The predicted molar refractivity (Wildman–Crippen MR) is 59.9 cm³/mol. The molecule has 1 aliphatic rings. The molecule has 3 heteroatoms. The predicted octanol–water partition coefficient (Wildman–Crippen LogP) is 2.25. The molecule has 0 amide bonds. The Bertz CT molecular complexity index is 439. The summed E-state index contributed by atoms with van der Waals surface area (Å²) in [5.74, 6) is -0.455. The summed E-state index contributed by atoms with van der Waals surface area (Å²) in [6, 6.07) is 9.61. The number of benzene rings is 1. The van der Waals surface area contributed by atoms with Crippen LogP contribution < -0.4 is 0 Å². The first-order valence-electron chi connectivity index (χ1n) is 5.77. The van der Waals surface area contributed by atoms with Crippen LogP contribution in [0.3, 0.4) is 0 Å². The summed E-state index contributed by atoms with van der Waals surface area (Å²) in [6.45, 7) is 2.21. The Morgan fingerprint density at radius 3 is 3.00 bits per heavy atom. The van der Waals surface area contributed by atoms with Crippen molar-refractivity contribution in [3.63, 3.8) is 0 Å². The highest BCUT2D eigenvalue weighted by molar-refractivity contribution is 5.90. The van der Waals surface area contributed by atoms with Crippen molar-refractivity contribution in [3.8, 4) is 0 Å². The zero-order valence-electron chi connectivity index (χ0n) is 10.1. The number of hydrogen-bond donors (Lipinski definition) is 0. The molecule has 1 atom stereocenters. The van der Waals surface area contributed by atoms with Crippen molar-refractivity contribution in [1.82, 2.24) is 0 Å². The van der Waals surface area contributed by atoms with Crippen LogP contribution in [0.4, 0.5) is 0 Å². The smallest absolute Gasteiger partial charge is 0.336 e. The average molecular weight is 219 g/mol. The lowest BCUT2D eigenvalue weighted by atomic mass is 10.0. The summed E-state index contributed by atoms with van der Waals surface area (Å²) in [7, 11) is 0. The minimum atomic E-state index is -0.470. The average Bonchev–Trinajstić information content (AvgIpc) is 2.73. The molecule has 1 aromatic carbocycles. The van der Waals surface area contributed by atoms with Gasteiger partial charge < -0.3 is 9.47 Å². The lowest BCUT2D eigenvalue weighted by molar-refractivity contribution is -0.139. The Morgan fingerprint density at radius 1 is 1.56 bits per heavy atom. The highest BCUT2D eigenvalue weighted by Crippen LogP contribution is 2.30. The molecule has 0 radical (unpaired) electrons. The molecule has 1 aromatic rings. The zero-order valence-corrected chi connectivity index (χ0v) is 9.10. The van der Waals surface area contributed by atoms with Gasteiger partial charge in [-0.1, -0.05) is 30.3 Å². The van der Waals surface area contributed by atoms with Crippen molar-refractivity contribution >= 4 is 5.97 Å². The molecule has 0 aliphatic carbocycles. The molecule has 2 rings (SSSR count). The fourth-order valence-electron chi connectivity index (χ4n) is 1.66. The molecule has 1 unspecified atom stereocenters. The van der Waals surface area contributed by atoms with Crippen molar-refractivity contribution in [2.45, 2.75) is 13.0 Å². The van der Waals surface area contributed by atoms with Crippen LogP contribution in [0.2, 0.25) is 0 Å². The van der Waals surface area contributed by atoms with Crippen molar-refractivity contribution in [2.75, 3.05) is 13.2 Å². The van der Waals surface area contributed by atoms with Gasteiger partial charge in [0.2, 0.25) is 0 Å². The molecule has 3 nitrogen and oxygen atoms in total. The first-order valence-corrected chi connectivity index (χ1v) is 5.27. The van der Waals surface area contributed by atoms with Gasteiger partial charge in [-0.05, 0) is 18.5 Å². The van der Waals surface area contributed by atoms with E-state index in [2.05, 4.69) is 0 Å². The fraction of sp³-hybridized carbons (Fsp3) is 0.308. The van der Waals surface area contributed by atoms with Gasteiger partial charge in [0.15, 0.2) is 0 Å². The van der Waals surface area contributed by atoms with Crippen LogP contribution in [0.15, 0.2) is 42.0 Å². The van der Waals surface area contributed by atoms with Gasteiger partial charge in [0.05, 0.1) is 20.2 Å². The summed E-state index contributed by atoms with van der Waals surface area (Å²) in [5.41, 5.74) is 1.19. The van der Waals surface area contributed by atoms with Crippen molar-refractivity contribution in [2.24, 2.45) is 0 Å². The normalized spacial score (nSPS) is 20.8.